The van der Waals surface area contributed by atoms with Gasteiger partial charge in [0.1, 0.15) is 6.54 Å². The van der Waals surface area contributed by atoms with E-state index in [-0.39, 0.29) is 37.5 Å². The maximum Gasteiger partial charge on any atom is 0.361 e. The van der Waals surface area contributed by atoms with E-state index in [1.165, 1.54) is 11.8 Å². The maximum absolute atomic E-state index is 13.6. The van der Waals surface area contributed by atoms with E-state index in [1.807, 2.05) is 35.2 Å². The summed E-state index contributed by atoms with van der Waals surface area (Å²) in [6.45, 7) is 6.80. The number of hydrogen-bond donors (Lipinski definition) is 2. The molecule has 0 spiro atoms. The van der Waals surface area contributed by atoms with Crippen molar-refractivity contribution < 1.29 is 28.3 Å². The lowest BCUT2D eigenvalue weighted by molar-refractivity contribution is -0.132. The first kappa shape index (κ1) is 32.2. The maximum atomic E-state index is 13.6. The molecular weight excluding hydrogens is 591 g/mol. The average Bonchev–Trinajstić information content (AvgIpc) is 3.38. The van der Waals surface area contributed by atoms with Crippen LogP contribution in [0.25, 0.3) is 10.9 Å². The largest absolute Gasteiger partial charge is 0.494 e. The van der Waals surface area contributed by atoms with Crippen molar-refractivity contribution in [3.05, 3.63) is 83.9 Å². The second-order valence-electron chi connectivity index (χ2n) is 10.8. The number of aromatic nitrogens is 1. The number of anilines is 1. The first-order chi connectivity index (χ1) is 21.7. The predicted molar refractivity (Wildman–Crippen MR) is 177 cm³/mol. The standard InChI is InChI=1S/C34H39N4O6P/c1-4-43-45(42,44-5-2)28-18-19-30-29(22-28)32(34(41)36-30)33(25-12-8-6-9-13-25)35-26-14-16-27(17-15-26)38(24(3)39)23-31(40)37-20-10-7-11-21-37/h6,8-9,12-19,22,36,41H,4-5,7,10-11,20-21,23H2,1-3H3. The monoisotopic (exact) mass is 630 g/mol. The minimum atomic E-state index is -3.59. The lowest BCUT2D eigenvalue weighted by atomic mass is 10.0. The number of carbonyl (C=O) groups excluding carboxylic acids is 2. The van der Waals surface area contributed by atoms with Gasteiger partial charge in [-0.15, -0.1) is 0 Å². The van der Waals surface area contributed by atoms with Gasteiger partial charge in [0.25, 0.3) is 0 Å². The Labute approximate surface area is 263 Å². The van der Waals surface area contributed by atoms with Crippen LogP contribution in [0, 0.1) is 0 Å². The summed E-state index contributed by atoms with van der Waals surface area (Å²) >= 11 is 0. The number of benzene rings is 3. The van der Waals surface area contributed by atoms with Gasteiger partial charge in [-0.25, -0.2) is 4.99 Å². The summed E-state index contributed by atoms with van der Waals surface area (Å²) in [6, 6.07) is 21.6. The van der Waals surface area contributed by atoms with Crippen LogP contribution in [-0.4, -0.2) is 65.4 Å². The van der Waals surface area contributed by atoms with Gasteiger partial charge in [-0.05, 0) is 75.6 Å². The molecule has 1 aliphatic rings. The van der Waals surface area contributed by atoms with Crippen LogP contribution >= 0.6 is 7.60 Å². The molecule has 1 aromatic heterocycles. The molecule has 2 heterocycles. The van der Waals surface area contributed by atoms with Gasteiger partial charge in [-0.1, -0.05) is 30.3 Å². The summed E-state index contributed by atoms with van der Waals surface area (Å²) in [4.78, 5) is 36.8. The van der Waals surface area contributed by atoms with Crippen molar-refractivity contribution in [1.29, 1.82) is 0 Å². The Morgan fingerprint density at radius 1 is 0.956 bits per heavy atom. The second-order valence-corrected chi connectivity index (χ2v) is 12.8. The number of aromatic hydroxyl groups is 1. The van der Waals surface area contributed by atoms with Crippen LogP contribution in [0.2, 0.25) is 0 Å². The SMILES string of the molecule is CCOP(=O)(OCC)c1ccc2[nH]c(O)c(C(=Nc3ccc(N(CC(=O)N4CCCCC4)C(C)=O)cc3)c3ccccc3)c2c1. The molecule has 45 heavy (non-hydrogen) atoms. The molecule has 0 saturated carbocycles. The number of likely N-dealkylation sites (tertiary alicyclic amines) is 1. The van der Waals surface area contributed by atoms with Gasteiger partial charge in [-0.2, -0.15) is 0 Å². The molecule has 0 radical (unpaired) electrons. The molecular formula is C34H39N4O6P. The molecule has 2 N–H and O–H groups in total. The third kappa shape index (κ3) is 7.20. The lowest BCUT2D eigenvalue weighted by Gasteiger charge is -2.29. The Kier molecular flexibility index (Phi) is 10.2. The summed E-state index contributed by atoms with van der Waals surface area (Å²) < 4.78 is 24.8. The summed E-state index contributed by atoms with van der Waals surface area (Å²) in [5, 5.41) is 12.1. The molecule has 10 nitrogen and oxygen atoms in total. The highest BCUT2D eigenvalue weighted by Gasteiger charge is 2.29. The number of aromatic amines is 1. The summed E-state index contributed by atoms with van der Waals surface area (Å²) in [7, 11) is -3.59. The number of H-pyrrole nitrogens is 1. The number of fused-ring (bicyclic) bond motifs is 1. The van der Waals surface area contributed by atoms with Crippen molar-refractivity contribution >= 4 is 52.7 Å². The fourth-order valence-corrected chi connectivity index (χ4v) is 7.16. The number of amides is 2. The van der Waals surface area contributed by atoms with Gasteiger partial charge in [0.05, 0.1) is 35.5 Å². The number of nitrogens with one attached hydrogen (secondary N) is 1. The molecule has 1 saturated heterocycles. The smallest absolute Gasteiger partial charge is 0.361 e. The molecule has 1 fully saturated rings. The van der Waals surface area contributed by atoms with E-state index >= 15 is 0 Å². The minimum Gasteiger partial charge on any atom is -0.494 e. The van der Waals surface area contributed by atoms with Gasteiger partial charge in [0, 0.05) is 42.2 Å². The first-order valence-corrected chi connectivity index (χ1v) is 16.8. The average molecular weight is 631 g/mol. The van der Waals surface area contributed by atoms with Crippen molar-refractivity contribution in [2.75, 3.05) is 37.7 Å². The molecule has 1 aliphatic heterocycles. The minimum absolute atomic E-state index is 0.0217. The zero-order valence-corrected chi connectivity index (χ0v) is 26.8. The van der Waals surface area contributed by atoms with Crippen LogP contribution in [0.1, 0.15) is 51.2 Å². The quantitative estimate of drug-likeness (QED) is 0.148. The Balaban J connectivity index is 1.54. The normalized spacial score (nSPS) is 14.1. The van der Waals surface area contributed by atoms with Crippen molar-refractivity contribution in [3.63, 3.8) is 0 Å². The van der Waals surface area contributed by atoms with Crippen molar-refractivity contribution in [1.82, 2.24) is 9.88 Å². The number of aliphatic imine (C=N–C) groups is 1. The third-order valence-electron chi connectivity index (χ3n) is 7.75. The van der Waals surface area contributed by atoms with E-state index in [2.05, 4.69) is 4.98 Å². The van der Waals surface area contributed by atoms with Crippen LogP contribution in [0.15, 0.2) is 77.8 Å². The first-order valence-electron chi connectivity index (χ1n) is 15.3. The van der Waals surface area contributed by atoms with E-state index in [9.17, 15) is 19.3 Å². The number of nitrogens with zero attached hydrogens (tertiary/aromatic N) is 3. The van der Waals surface area contributed by atoms with Crippen LogP contribution in [0.3, 0.4) is 0 Å². The second kappa shape index (κ2) is 14.2. The Morgan fingerprint density at radius 2 is 1.62 bits per heavy atom. The molecule has 2 amide bonds. The van der Waals surface area contributed by atoms with Crippen molar-refractivity contribution in [3.8, 4) is 5.88 Å². The van der Waals surface area contributed by atoms with Crippen molar-refractivity contribution in [2.24, 2.45) is 4.99 Å². The Bertz CT molecular complexity index is 1720. The summed E-state index contributed by atoms with van der Waals surface area (Å²) in [5.41, 5.74) is 3.45. The molecule has 0 atom stereocenters. The Morgan fingerprint density at radius 3 is 2.24 bits per heavy atom. The fourth-order valence-electron chi connectivity index (χ4n) is 5.56. The molecule has 11 heteroatoms. The highest BCUT2D eigenvalue weighted by atomic mass is 31.2. The zero-order chi connectivity index (χ0) is 32.0. The molecule has 0 unspecified atom stereocenters. The van der Waals surface area contributed by atoms with E-state index in [4.69, 9.17) is 14.0 Å². The van der Waals surface area contributed by atoms with E-state index in [0.29, 0.717) is 38.9 Å². The van der Waals surface area contributed by atoms with Crippen LogP contribution in [0.4, 0.5) is 11.4 Å². The number of piperidine rings is 1. The van der Waals surface area contributed by atoms with E-state index < -0.39 is 7.60 Å². The fraction of sp³-hybridized carbons (Fsp3) is 0.324. The number of hydrogen-bond acceptors (Lipinski definition) is 7. The molecule has 5 rings (SSSR count). The predicted octanol–water partition coefficient (Wildman–Crippen LogP) is 6.30. The molecule has 0 aliphatic carbocycles. The number of carbonyl (C=O) groups is 2. The highest BCUT2D eigenvalue weighted by molar-refractivity contribution is 7.62. The molecule has 4 aromatic rings. The molecule has 3 aromatic carbocycles. The van der Waals surface area contributed by atoms with Gasteiger partial charge in [-0.3, -0.25) is 14.2 Å². The Hall–Kier alpha value is -4.24. The lowest BCUT2D eigenvalue weighted by Crippen LogP contribution is -2.44. The molecule has 0 bridgehead atoms. The van der Waals surface area contributed by atoms with E-state index in [0.717, 1.165) is 37.9 Å². The van der Waals surface area contributed by atoms with Gasteiger partial charge < -0.3 is 28.9 Å². The third-order valence-corrected chi connectivity index (χ3v) is 9.85. The van der Waals surface area contributed by atoms with Crippen LogP contribution in [-0.2, 0) is 23.2 Å². The van der Waals surface area contributed by atoms with Crippen LogP contribution < -0.4 is 10.2 Å². The van der Waals surface area contributed by atoms with E-state index in [1.54, 1.807) is 56.3 Å². The van der Waals surface area contributed by atoms with Gasteiger partial charge in [0.15, 0.2) is 5.88 Å². The van der Waals surface area contributed by atoms with Gasteiger partial charge in [0.2, 0.25) is 11.8 Å². The highest BCUT2D eigenvalue weighted by Crippen LogP contribution is 2.47. The summed E-state index contributed by atoms with van der Waals surface area (Å²) in [5.74, 6) is -0.383. The molecule has 236 valence electrons. The van der Waals surface area contributed by atoms with Gasteiger partial charge >= 0.3 is 7.60 Å². The topological polar surface area (TPSA) is 125 Å². The van der Waals surface area contributed by atoms with Crippen LogP contribution in [0.5, 0.6) is 5.88 Å². The zero-order valence-electron chi connectivity index (χ0n) is 25.9. The summed E-state index contributed by atoms with van der Waals surface area (Å²) in [6.07, 6.45) is 3.08. The number of rotatable bonds is 11. The van der Waals surface area contributed by atoms with Crippen molar-refractivity contribution in [2.45, 2.75) is 40.0 Å².